The fraction of sp³-hybridized carbons (Fsp3) is 0.286. The van der Waals surface area contributed by atoms with Gasteiger partial charge in [-0.05, 0) is 53.6 Å². The van der Waals surface area contributed by atoms with E-state index in [4.69, 9.17) is 0 Å². The summed E-state index contributed by atoms with van der Waals surface area (Å²) in [6.45, 7) is 3.95. The van der Waals surface area contributed by atoms with Crippen molar-refractivity contribution in [3.05, 3.63) is 38.7 Å². The van der Waals surface area contributed by atoms with Gasteiger partial charge in [-0.25, -0.2) is 4.98 Å². The molecule has 0 fully saturated rings. The number of benzene rings is 1. The molecule has 1 aromatic heterocycles. The number of aromatic hydroxyl groups is 1. The van der Waals surface area contributed by atoms with Crippen LogP contribution < -0.4 is 5.32 Å². The summed E-state index contributed by atoms with van der Waals surface area (Å²) in [4.78, 5) is 16.4. The molecule has 21 heavy (non-hydrogen) atoms. The normalized spacial score (nSPS) is 10.4. The number of carbonyl (C=O) groups is 1. The topological polar surface area (TPSA) is 88.0 Å². The van der Waals surface area contributed by atoms with E-state index in [1.807, 2.05) is 13.8 Å². The largest absolute Gasteiger partial charge is 0.507 e. The Hall–Kier alpha value is -1.77. The van der Waals surface area contributed by atoms with Gasteiger partial charge in [0.2, 0.25) is 5.95 Å². The standard InChI is InChI=1S/C14H15IN4O2/c1-3-10-11(4-2)18-19-14(16-10)17-13(21)9-7-8(15)5-6-12(9)20/h5-7,20H,3-4H2,1-2H3,(H,16,17,19,21). The Morgan fingerprint density at radius 3 is 2.62 bits per heavy atom. The van der Waals surface area contributed by atoms with Crippen molar-refractivity contribution >= 4 is 34.4 Å². The molecule has 0 bridgehead atoms. The SMILES string of the molecule is CCc1nnc(NC(=O)c2cc(I)ccc2O)nc1CC. The average Bonchev–Trinajstić information content (AvgIpc) is 2.49. The summed E-state index contributed by atoms with van der Waals surface area (Å²) >= 11 is 2.07. The third-order valence-electron chi connectivity index (χ3n) is 2.94. The zero-order valence-corrected chi connectivity index (χ0v) is 13.9. The predicted molar refractivity (Wildman–Crippen MR) is 87.4 cm³/mol. The van der Waals surface area contributed by atoms with Gasteiger partial charge in [-0.1, -0.05) is 13.8 Å². The van der Waals surface area contributed by atoms with Gasteiger partial charge in [0.15, 0.2) is 0 Å². The first-order valence-corrected chi connectivity index (χ1v) is 7.65. The number of rotatable bonds is 4. The van der Waals surface area contributed by atoms with E-state index >= 15 is 0 Å². The van der Waals surface area contributed by atoms with E-state index in [-0.39, 0.29) is 17.3 Å². The van der Waals surface area contributed by atoms with E-state index in [2.05, 4.69) is 43.1 Å². The summed E-state index contributed by atoms with van der Waals surface area (Å²) in [5.41, 5.74) is 1.82. The van der Waals surface area contributed by atoms with E-state index in [0.29, 0.717) is 0 Å². The quantitative estimate of drug-likeness (QED) is 0.773. The first-order valence-electron chi connectivity index (χ1n) is 6.57. The molecule has 0 radical (unpaired) electrons. The highest BCUT2D eigenvalue weighted by atomic mass is 127. The molecule has 0 saturated heterocycles. The fourth-order valence-electron chi connectivity index (χ4n) is 1.85. The lowest BCUT2D eigenvalue weighted by molar-refractivity contribution is 0.102. The van der Waals surface area contributed by atoms with Crippen molar-refractivity contribution in [2.24, 2.45) is 0 Å². The predicted octanol–water partition coefficient (Wildman–Crippen LogP) is 2.56. The molecule has 2 N–H and O–H groups in total. The van der Waals surface area contributed by atoms with Crippen LogP contribution in [-0.2, 0) is 12.8 Å². The number of hydrogen-bond acceptors (Lipinski definition) is 5. The van der Waals surface area contributed by atoms with Crippen LogP contribution in [-0.4, -0.2) is 26.2 Å². The molecule has 0 aliphatic carbocycles. The van der Waals surface area contributed by atoms with Gasteiger partial charge in [0, 0.05) is 3.57 Å². The van der Waals surface area contributed by atoms with E-state index in [1.54, 1.807) is 12.1 Å². The number of anilines is 1. The Morgan fingerprint density at radius 2 is 1.95 bits per heavy atom. The molecule has 0 spiro atoms. The lowest BCUT2D eigenvalue weighted by Crippen LogP contribution is -2.16. The average molecular weight is 398 g/mol. The molecule has 110 valence electrons. The molecule has 7 heteroatoms. The van der Waals surface area contributed by atoms with E-state index in [9.17, 15) is 9.90 Å². The Morgan fingerprint density at radius 1 is 1.24 bits per heavy atom. The lowest BCUT2D eigenvalue weighted by atomic mass is 10.2. The minimum absolute atomic E-state index is 0.0817. The molecule has 2 rings (SSSR count). The van der Waals surface area contributed by atoms with Crippen LogP contribution in [0.25, 0.3) is 0 Å². The molecular formula is C14H15IN4O2. The Balaban J connectivity index is 2.25. The highest BCUT2D eigenvalue weighted by Gasteiger charge is 2.14. The monoisotopic (exact) mass is 398 g/mol. The minimum atomic E-state index is -0.459. The number of halogens is 1. The zero-order valence-electron chi connectivity index (χ0n) is 11.7. The van der Waals surface area contributed by atoms with E-state index in [1.165, 1.54) is 6.07 Å². The van der Waals surface area contributed by atoms with Crippen molar-refractivity contribution in [2.75, 3.05) is 5.32 Å². The molecule has 0 aliphatic heterocycles. The van der Waals surface area contributed by atoms with E-state index in [0.717, 1.165) is 27.8 Å². The number of aromatic nitrogens is 3. The Kier molecular flexibility index (Phi) is 5.05. The zero-order chi connectivity index (χ0) is 15.4. The summed E-state index contributed by atoms with van der Waals surface area (Å²) < 4.78 is 0.852. The summed E-state index contributed by atoms with van der Waals surface area (Å²) in [6.07, 6.45) is 1.46. The molecule has 1 aromatic carbocycles. The van der Waals surface area contributed by atoms with Crippen molar-refractivity contribution in [1.29, 1.82) is 0 Å². The molecule has 0 unspecified atom stereocenters. The van der Waals surface area contributed by atoms with Gasteiger partial charge in [-0.2, -0.15) is 0 Å². The van der Waals surface area contributed by atoms with E-state index < -0.39 is 5.91 Å². The maximum atomic E-state index is 12.2. The lowest BCUT2D eigenvalue weighted by Gasteiger charge is -2.08. The third kappa shape index (κ3) is 3.66. The maximum Gasteiger partial charge on any atom is 0.261 e. The number of aryl methyl sites for hydroxylation is 2. The Bertz CT molecular complexity index is 676. The number of carbonyl (C=O) groups excluding carboxylic acids is 1. The van der Waals surface area contributed by atoms with Gasteiger partial charge in [0.25, 0.3) is 5.91 Å². The van der Waals surface area contributed by atoms with Crippen molar-refractivity contribution in [3.63, 3.8) is 0 Å². The van der Waals surface area contributed by atoms with Crippen molar-refractivity contribution in [3.8, 4) is 5.75 Å². The van der Waals surface area contributed by atoms with Gasteiger partial charge in [0.1, 0.15) is 5.75 Å². The number of amides is 1. The van der Waals surface area contributed by atoms with Gasteiger partial charge in [-0.15, -0.1) is 10.2 Å². The molecule has 0 aliphatic rings. The van der Waals surface area contributed by atoms with Gasteiger partial charge >= 0.3 is 0 Å². The van der Waals surface area contributed by atoms with Gasteiger partial charge in [0.05, 0.1) is 17.0 Å². The first-order chi connectivity index (χ1) is 10.0. The molecule has 6 nitrogen and oxygen atoms in total. The van der Waals surface area contributed by atoms with Crippen LogP contribution in [0.4, 0.5) is 5.95 Å². The smallest absolute Gasteiger partial charge is 0.261 e. The van der Waals surface area contributed by atoms with Gasteiger partial charge in [-0.3, -0.25) is 10.1 Å². The molecule has 0 saturated carbocycles. The number of nitrogens with zero attached hydrogens (tertiary/aromatic N) is 3. The van der Waals surface area contributed by atoms with Crippen LogP contribution in [0.1, 0.15) is 35.6 Å². The number of nitrogens with one attached hydrogen (secondary N) is 1. The first kappa shape index (κ1) is 15.6. The second-order valence-electron chi connectivity index (χ2n) is 4.35. The van der Waals surface area contributed by atoms with Crippen molar-refractivity contribution < 1.29 is 9.90 Å². The Labute approximate surface area is 136 Å². The highest BCUT2D eigenvalue weighted by Crippen LogP contribution is 2.20. The van der Waals surface area contributed by atoms with Crippen LogP contribution in [0, 0.1) is 3.57 Å². The second-order valence-corrected chi connectivity index (χ2v) is 5.60. The molecule has 1 amide bonds. The van der Waals surface area contributed by atoms with Crippen molar-refractivity contribution in [1.82, 2.24) is 15.2 Å². The van der Waals surface area contributed by atoms with Gasteiger partial charge < -0.3 is 5.11 Å². The number of phenols is 1. The molecular weight excluding hydrogens is 383 g/mol. The maximum absolute atomic E-state index is 12.2. The van der Waals surface area contributed by atoms with Crippen LogP contribution in [0.2, 0.25) is 0 Å². The number of hydrogen-bond donors (Lipinski definition) is 2. The van der Waals surface area contributed by atoms with Crippen LogP contribution in [0.5, 0.6) is 5.75 Å². The fourth-order valence-corrected chi connectivity index (χ4v) is 2.34. The summed E-state index contributed by atoms with van der Waals surface area (Å²) in [7, 11) is 0. The third-order valence-corrected chi connectivity index (χ3v) is 3.61. The van der Waals surface area contributed by atoms with Crippen LogP contribution in [0.3, 0.4) is 0 Å². The molecule has 1 heterocycles. The molecule has 0 atom stereocenters. The minimum Gasteiger partial charge on any atom is -0.507 e. The van der Waals surface area contributed by atoms with Crippen LogP contribution in [0.15, 0.2) is 18.2 Å². The summed E-state index contributed by atoms with van der Waals surface area (Å²) in [6, 6.07) is 4.79. The van der Waals surface area contributed by atoms with Crippen molar-refractivity contribution in [2.45, 2.75) is 26.7 Å². The second kappa shape index (κ2) is 6.79. The molecule has 2 aromatic rings. The highest BCUT2D eigenvalue weighted by molar-refractivity contribution is 14.1. The summed E-state index contributed by atoms with van der Waals surface area (Å²) in [5.74, 6) is -0.395. The summed E-state index contributed by atoms with van der Waals surface area (Å²) in [5, 5.41) is 20.3. The van der Waals surface area contributed by atoms with Crippen LogP contribution >= 0.6 is 22.6 Å². The number of phenolic OH excluding ortho intramolecular Hbond substituents is 1.